The molecule has 0 unspecified atom stereocenters. The molecule has 0 heterocycles. The van der Waals surface area contributed by atoms with E-state index >= 15 is 0 Å². The zero-order valence-electron chi connectivity index (χ0n) is 3.61. The average molecular weight is 149 g/mol. The minimum absolute atomic E-state index is 0. The van der Waals surface area contributed by atoms with E-state index < -0.39 is 5.97 Å². The van der Waals surface area contributed by atoms with Crippen LogP contribution in [0.2, 0.25) is 0 Å². The zero-order chi connectivity index (χ0) is 4.99. The van der Waals surface area contributed by atoms with Gasteiger partial charge in [0.1, 0.15) is 0 Å². The number of hydrogen-bond donors (Lipinski definition) is 0. The van der Waals surface area contributed by atoms with Crippen LogP contribution in [0.25, 0.3) is 0 Å². The van der Waals surface area contributed by atoms with E-state index in [1.807, 2.05) is 0 Å². The summed E-state index contributed by atoms with van der Waals surface area (Å²) in [6.07, 6.45) is 1.23. The van der Waals surface area contributed by atoms with E-state index in [9.17, 15) is 9.90 Å². The molecule has 0 aliphatic heterocycles. The van der Waals surface area contributed by atoms with Gasteiger partial charge in [-0.2, -0.15) is 0 Å². The van der Waals surface area contributed by atoms with Gasteiger partial charge in [0.2, 0.25) is 0 Å². The first kappa shape index (κ1) is 9.88. The summed E-state index contributed by atoms with van der Waals surface area (Å²) in [5, 5.41) is 9.42. The number of hydrogen-bond acceptors (Lipinski definition) is 2. The van der Waals surface area contributed by atoms with E-state index in [-0.39, 0.29) is 23.5 Å². The molecule has 0 aliphatic rings. The van der Waals surface area contributed by atoms with Crippen LogP contribution in [0.3, 0.4) is 0 Å². The molecule has 0 fully saturated rings. The fourth-order valence-corrected chi connectivity index (χ4v) is 0.118. The molecule has 0 aliphatic carbocycles. The van der Waals surface area contributed by atoms with Gasteiger partial charge in [-0.3, -0.25) is 0 Å². The van der Waals surface area contributed by atoms with E-state index in [4.69, 9.17) is 0 Å². The molecule has 0 amide bonds. The summed E-state index contributed by atoms with van der Waals surface area (Å²) in [6.45, 7) is 3.18. The molecule has 0 saturated carbocycles. The quantitative estimate of drug-likeness (QED) is 0.384. The second-order valence-electron chi connectivity index (χ2n) is 0.865. The smallest absolute Gasteiger partial charge is 0.550 e. The summed E-state index contributed by atoms with van der Waals surface area (Å²) in [5.74, 6) is -1.08. The van der Waals surface area contributed by atoms with Crippen LogP contribution in [0, 0.1) is 0 Å². The maximum absolute atomic E-state index is 9.42. The predicted octanol–water partition coefficient (Wildman–Crippen LogP) is -0.690. The Morgan fingerprint density at radius 1 is 1.86 bits per heavy atom. The maximum atomic E-state index is 9.42. The Morgan fingerprint density at radius 3 is 2.29 bits per heavy atom. The van der Waals surface area contributed by atoms with Crippen molar-refractivity contribution in [2.75, 3.05) is 0 Å². The van der Waals surface area contributed by atoms with Crippen molar-refractivity contribution in [3.63, 3.8) is 0 Å². The van der Waals surface area contributed by atoms with Crippen LogP contribution in [0.15, 0.2) is 12.7 Å². The van der Waals surface area contributed by atoms with Gasteiger partial charge in [0.05, 0.1) is 0 Å². The Labute approximate surface area is 52.7 Å². The second-order valence-corrected chi connectivity index (χ2v) is 0.865. The molecule has 7 heavy (non-hydrogen) atoms. The molecule has 0 aromatic heterocycles. The van der Waals surface area contributed by atoms with E-state index in [0.29, 0.717) is 0 Å². The average Bonchev–Trinajstić information content (AvgIpc) is 1.35. The predicted molar refractivity (Wildman–Crippen MR) is 19.8 cm³/mol. The number of carbonyl (C=O) groups is 1. The second kappa shape index (κ2) is 5.73. The Hall–Kier alpha value is -0.271. The molecule has 3 heteroatoms. The summed E-state index contributed by atoms with van der Waals surface area (Å²) in [6, 6.07) is 0. The summed E-state index contributed by atoms with van der Waals surface area (Å²) in [7, 11) is 0. The van der Waals surface area contributed by atoms with Gasteiger partial charge in [0, 0.05) is 12.4 Å². The van der Waals surface area contributed by atoms with Crippen LogP contribution in [0.4, 0.5) is 0 Å². The summed E-state index contributed by atoms with van der Waals surface area (Å²) < 4.78 is 0. The van der Waals surface area contributed by atoms with E-state index in [1.165, 1.54) is 6.08 Å². The molecule has 43 valence electrons. The first-order chi connectivity index (χ1) is 2.77. The molecular formula is C4H5CuO2+. The Kier molecular flexibility index (Phi) is 8.08. The summed E-state index contributed by atoms with van der Waals surface area (Å²) >= 11 is 0. The SMILES string of the molecule is C=CCC(=O)[O-].[Cu+2]. The van der Waals surface area contributed by atoms with Crippen molar-refractivity contribution in [3.8, 4) is 0 Å². The van der Waals surface area contributed by atoms with Crippen molar-refractivity contribution >= 4 is 5.97 Å². The zero-order valence-corrected chi connectivity index (χ0v) is 4.55. The molecule has 0 aromatic carbocycles. The first-order valence-electron chi connectivity index (χ1n) is 1.58. The van der Waals surface area contributed by atoms with Crippen LogP contribution in [-0.2, 0) is 21.9 Å². The Morgan fingerprint density at radius 2 is 2.29 bits per heavy atom. The van der Waals surface area contributed by atoms with Crippen molar-refractivity contribution in [2.45, 2.75) is 6.42 Å². The number of carboxylic acids is 1. The molecule has 1 radical (unpaired) electrons. The van der Waals surface area contributed by atoms with Gasteiger partial charge in [-0.1, -0.05) is 6.08 Å². The number of carboxylic acid groups (broad SMARTS) is 1. The van der Waals surface area contributed by atoms with Crippen molar-refractivity contribution in [1.82, 2.24) is 0 Å². The molecule has 0 atom stereocenters. The molecular weight excluding hydrogens is 144 g/mol. The van der Waals surface area contributed by atoms with Gasteiger partial charge >= 0.3 is 17.1 Å². The monoisotopic (exact) mass is 148 g/mol. The fourth-order valence-electron chi connectivity index (χ4n) is 0.118. The molecule has 0 aromatic rings. The molecule has 0 spiro atoms. The summed E-state index contributed by atoms with van der Waals surface area (Å²) in [4.78, 5) is 9.42. The van der Waals surface area contributed by atoms with Crippen molar-refractivity contribution in [1.29, 1.82) is 0 Å². The molecule has 0 bridgehead atoms. The molecule has 0 N–H and O–H groups in total. The third-order valence-electron chi connectivity index (χ3n) is 0.311. The van der Waals surface area contributed by atoms with Crippen LogP contribution in [0.1, 0.15) is 6.42 Å². The van der Waals surface area contributed by atoms with Crippen LogP contribution in [0.5, 0.6) is 0 Å². The van der Waals surface area contributed by atoms with E-state index in [2.05, 4.69) is 6.58 Å². The third kappa shape index (κ3) is 10.7. The van der Waals surface area contributed by atoms with Gasteiger partial charge in [0.25, 0.3) is 0 Å². The first-order valence-corrected chi connectivity index (χ1v) is 1.58. The Balaban J connectivity index is 0. The summed E-state index contributed by atoms with van der Waals surface area (Å²) in [5.41, 5.74) is 0. The third-order valence-corrected chi connectivity index (χ3v) is 0.311. The van der Waals surface area contributed by atoms with Gasteiger partial charge in [-0.15, -0.1) is 6.58 Å². The van der Waals surface area contributed by atoms with Gasteiger partial charge in [-0.25, -0.2) is 0 Å². The topological polar surface area (TPSA) is 40.1 Å². The number of carbonyl (C=O) groups excluding carboxylic acids is 1. The van der Waals surface area contributed by atoms with Gasteiger partial charge in [0.15, 0.2) is 0 Å². The normalized spacial score (nSPS) is 6.29. The number of aliphatic carboxylic acids is 1. The van der Waals surface area contributed by atoms with Crippen LogP contribution < -0.4 is 5.11 Å². The van der Waals surface area contributed by atoms with Crippen LogP contribution in [-0.4, -0.2) is 5.97 Å². The maximum Gasteiger partial charge on any atom is 2.00 e. The molecule has 0 rings (SSSR count). The standard InChI is InChI=1S/C4H6O2.Cu/c1-2-3-4(5)6;/h2H,1,3H2,(H,5,6);/q;+2/p-1. The van der Waals surface area contributed by atoms with E-state index in [1.54, 1.807) is 0 Å². The molecule has 2 nitrogen and oxygen atoms in total. The fraction of sp³-hybridized carbons (Fsp3) is 0.250. The molecule has 0 saturated heterocycles. The minimum atomic E-state index is -1.08. The van der Waals surface area contributed by atoms with Crippen molar-refractivity contribution in [2.24, 2.45) is 0 Å². The van der Waals surface area contributed by atoms with Crippen molar-refractivity contribution in [3.05, 3.63) is 12.7 Å². The Bertz CT molecular complexity index is 70.1. The largest absolute Gasteiger partial charge is 2.00 e. The van der Waals surface area contributed by atoms with Crippen LogP contribution >= 0.6 is 0 Å². The minimum Gasteiger partial charge on any atom is -0.550 e. The van der Waals surface area contributed by atoms with E-state index in [0.717, 1.165) is 0 Å². The number of rotatable bonds is 2. The van der Waals surface area contributed by atoms with Gasteiger partial charge in [-0.05, 0) is 0 Å². The van der Waals surface area contributed by atoms with Crippen molar-refractivity contribution < 1.29 is 27.0 Å². The van der Waals surface area contributed by atoms with Gasteiger partial charge < -0.3 is 9.90 Å².